The first-order valence-electron chi connectivity index (χ1n) is 5.14. The summed E-state index contributed by atoms with van der Waals surface area (Å²) in [7, 11) is 0. The van der Waals surface area contributed by atoms with Gasteiger partial charge in [0.1, 0.15) is 0 Å². The molecule has 4 heteroatoms. The average molecular weight is 240 g/mol. The van der Waals surface area contributed by atoms with Crippen molar-refractivity contribution in [2.45, 2.75) is 26.3 Å². The summed E-state index contributed by atoms with van der Waals surface area (Å²) in [5, 5.41) is 3.00. The highest BCUT2D eigenvalue weighted by molar-refractivity contribution is 6.33. The van der Waals surface area contributed by atoms with Crippen LogP contribution in [0.15, 0.2) is 24.3 Å². The van der Waals surface area contributed by atoms with Crippen LogP contribution >= 0.6 is 11.6 Å². The van der Waals surface area contributed by atoms with Gasteiger partial charge in [-0.15, -0.1) is 0 Å². The van der Waals surface area contributed by atoms with Gasteiger partial charge in [0, 0.05) is 6.42 Å². The predicted octanol–water partition coefficient (Wildman–Crippen LogP) is 2.44. The Morgan fingerprint density at radius 1 is 1.38 bits per heavy atom. The molecule has 0 saturated heterocycles. The summed E-state index contributed by atoms with van der Waals surface area (Å²) in [6.45, 7) is 3.43. The van der Waals surface area contributed by atoms with E-state index in [0.29, 0.717) is 17.0 Å². The molecule has 1 unspecified atom stereocenters. The van der Waals surface area contributed by atoms with E-state index in [4.69, 9.17) is 11.6 Å². The van der Waals surface area contributed by atoms with E-state index in [-0.39, 0.29) is 11.7 Å². The van der Waals surface area contributed by atoms with Gasteiger partial charge in [0.05, 0.1) is 16.6 Å². The first-order valence-corrected chi connectivity index (χ1v) is 5.52. The van der Waals surface area contributed by atoms with Crippen molar-refractivity contribution in [3.05, 3.63) is 34.9 Å². The Hall–Kier alpha value is -1.35. The Kier molecular flexibility index (Phi) is 4.50. The summed E-state index contributed by atoms with van der Waals surface area (Å²) < 4.78 is 0. The van der Waals surface area contributed by atoms with Crippen molar-refractivity contribution in [3.8, 4) is 0 Å². The van der Waals surface area contributed by atoms with Gasteiger partial charge in [0.25, 0.3) is 5.91 Å². The van der Waals surface area contributed by atoms with Gasteiger partial charge in [-0.3, -0.25) is 9.59 Å². The maximum Gasteiger partial charge on any atom is 0.253 e. The molecule has 0 saturated carbocycles. The van der Waals surface area contributed by atoms with Crippen LogP contribution in [0.4, 0.5) is 0 Å². The number of nitrogens with one attached hydrogen (secondary N) is 1. The monoisotopic (exact) mass is 239 g/mol. The fourth-order valence-corrected chi connectivity index (χ4v) is 1.53. The number of carbonyl (C=O) groups is 2. The molecule has 0 heterocycles. The van der Waals surface area contributed by atoms with Crippen molar-refractivity contribution in [3.63, 3.8) is 0 Å². The molecule has 0 spiro atoms. The van der Waals surface area contributed by atoms with Gasteiger partial charge in [-0.25, -0.2) is 0 Å². The molecule has 0 aliphatic carbocycles. The molecule has 0 aromatic heterocycles. The van der Waals surface area contributed by atoms with Crippen LogP contribution in [0.2, 0.25) is 5.02 Å². The molecule has 1 amide bonds. The number of hydrogen-bond acceptors (Lipinski definition) is 2. The Bertz CT molecular complexity index is 404. The highest BCUT2D eigenvalue weighted by Gasteiger charge is 2.16. The molecule has 0 radical (unpaired) electrons. The second-order valence-corrected chi connectivity index (χ2v) is 3.90. The van der Waals surface area contributed by atoms with Crippen LogP contribution in [-0.2, 0) is 4.79 Å². The van der Waals surface area contributed by atoms with Crippen LogP contribution < -0.4 is 5.32 Å². The van der Waals surface area contributed by atoms with Gasteiger partial charge < -0.3 is 5.32 Å². The third-order valence-electron chi connectivity index (χ3n) is 2.30. The highest BCUT2D eigenvalue weighted by atomic mass is 35.5. The lowest BCUT2D eigenvalue weighted by molar-refractivity contribution is -0.120. The molecule has 1 aromatic carbocycles. The van der Waals surface area contributed by atoms with Crippen LogP contribution in [0.1, 0.15) is 30.6 Å². The fourth-order valence-electron chi connectivity index (χ4n) is 1.31. The zero-order valence-electron chi connectivity index (χ0n) is 9.29. The number of amides is 1. The largest absolute Gasteiger partial charge is 0.342 e. The minimum absolute atomic E-state index is 0.000374. The van der Waals surface area contributed by atoms with Crippen LogP contribution in [0, 0.1) is 0 Å². The van der Waals surface area contributed by atoms with Gasteiger partial charge in [-0.05, 0) is 19.1 Å². The summed E-state index contributed by atoms with van der Waals surface area (Å²) in [5.74, 6) is -0.319. The number of halogens is 1. The van der Waals surface area contributed by atoms with Crippen LogP contribution in [0.5, 0.6) is 0 Å². The normalized spacial score (nSPS) is 11.9. The minimum Gasteiger partial charge on any atom is -0.342 e. The Labute approximate surface area is 99.8 Å². The Morgan fingerprint density at radius 2 is 2.00 bits per heavy atom. The predicted molar refractivity (Wildman–Crippen MR) is 63.7 cm³/mol. The number of Topliss-reactive ketones (excluding diaryl/α,β-unsaturated/α-hetero) is 1. The van der Waals surface area contributed by atoms with Crippen LogP contribution in [0.3, 0.4) is 0 Å². The summed E-state index contributed by atoms with van der Waals surface area (Å²) in [4.78, 5) is 23.1. The standard InChI is InChI=1S/C12H14ClNO2/c1-3-11(15)8(2)14-12(16)9-6-4-5-7-10(9)13/h4-8H,3H2,1-2H3,(H,14,16). The number of rotatable bonds is 4. The Morgan fingerprint density at radius 3 is 2.56 bits per heavy atom. The molecule has 1 aromatic rings. The van der Waals surface area contributed by atoms with Crippen molar-refractivity contribution in [2.24, 2.45) is 0 Å². The SMILES string of the molecule is CCC(=O)C(C)NC(=O)c1ccccc1Cl. The first-order chi connectivity index (χ1) is 7.56. The lowest BCUT2D eigenvalue weighted by atomic mass is 10.1. The van der Waals surface area contributed by atoms with Crippen molar-refractivity contribution in [1.82, 2.24) is 5.32 Å². The zero-order valence-corrected chi connectivity index (χ0v) is 10.0. The molecule has 3 nitrogen and oxygen atoms in total. The molecular formula is C12H14ClNO2. The summed E-state index contributed by atoms with van der Waals surface area (Å²) >= 11 is 5.87. The van der Waals surface area contributed by atoms with Crippen molar-refractivity contribution < 1.29 is 9.59 Å². The van der Waals surface area contributed by atoms with E-state index < -0.39 is 6.04 Å². The molecule has 86 valence electrons. The molecule has 16 heavy (non-hydrogen) atoms. The van der Waals surface area contributed by atoms with E-state index in [1.54, 1.807) is 38.1 Å². The van der Waals surface area contributed by atoms with Gasteiger partial charge in [0.2, 0.25) is 0 Å². The smallest absolute Gasteiger partial charge is 0.253 e. The van der Waals surface area contributed by atoms with E-state index in [2.05, 4.69) is 5.32 Å². The van der Waals surface area contributed by atoms with E-state index in [1.807, 2.05) is 0 Å². The van der Waals surface area contributed by atoms with Crippen molar-refractivity contribution in [2.75, 3.05) is 0 Å². The molecule has 0 aliphatic rings. The maximum atomic E-state index is 11.7. The second kappa shape index (κ2) is 5.66. The zero-order chi connectivity index (χ0) is 12.1. The third kappa shape index (κ3) is 3.07. The average Bonchev–Trinajstić information content (AvgIpc) is 2.28. The van der Waals surface area contributed by atoms with E-state index in [0.717, 1.165) is 0 Å². The lowest BCUT2D eigenvalue weighted by Gasteiger charge is -2.12. The molecule has 0 aliphatic heterocycles. The van der Waals surface area contributed by atoms with Crippen molar-refractivity contribution in [1.29, 1.82) is 0 Å². The third-order valence-corrected chi connectivity index (χ3v) is 2.63. The quantitative estimate of drug-likeness (QED) is 0.877. The lowest BCUT2D eigenvalue weighted by Crippen LogP contribution is -2.38. The number of ketones is 1. The molecule has 1 N–H and O–H groups in total. The minimum atomic E-state index is -0.478. The molecule has 0 fully saturated rings. The molecule has 1 rings (SSSR count). The maximum absolute atomic E-state index is 11.7. The second-order valence-electron chi connectivity index (χ2n) is 3.49. The van der Waals surface area contributed by atoms with Crippen LogP contribution in [-0.4, -0.2) is 17.7 Å². The fraction of sp³-hybridized carbons (Fsp3) is 0.333. The summed E-state index contributed by atoms with van der Waals surface area (Å²) in [5.41, 5.74) is 0.389. The first kappa shape index (κ1) is 12.7. The topological polar surface area (TPSA) is 46.2 Å². The number of benzene rings is 1. The number of carbonyl (C=O) groups excluding carboxylic acids is 2. The van der Waals surface area contributed by atoms with E-state index >= 15 is 0 Å². The molecule has 0 bridgehead atoms. The van der Waals surface area contributed by atoms with E-state index in [9.17, 15) is 9.59 Å². The van der Waals surface area contributed by atoms with Crippen LogP contribution in [0.25, 0.3) is 0 Å². The number of hydrogen-bond donors (Lipinski definition) is 1. The van der Waals surface area contributed by atoms with Gasteiger partial charge in [0.15, 0.2) is 5.78 Å². The van der Waals surface area contributed by atoms with Gasteiger partial charge >= 0.3 is 0 Å². The van der Waals surface area contributed by atoms with Gasteiger partial charge in [-0.1, -0.05) is 30.7 Å². The Balaban J connectivity index is 2.73. The van der Waals surface area contributed by atoms with Gasteiger partial charge in [-0.2, -0.15) is 0 Å². The summed E-state index contributed by atoms with van der Waals surface area (Å²) in [6, 6.07) is 6.27. The highest BCUT2D eigenvalue weighted by Crippen LogP contribution is 2.14. The molecule has 1 atom stereocenters. The summed E-state index contributed by atoms with van der Waals surface area (Å²) in [6.07, 6.45) is 0.407. The molecular weight excluding hydrogens is 226 g/mol. The van der Waals surface area contributed by atoms with Crippen molar-refractivity contribution >= 4 is 23.3 Å². The van der Waals surface area contributed by atoms with E-state index in [1.165, 1.54) is 0 Å².